The minimum Gasteiger partial charge on any atom is -0.372 e. The summed E-state index contributed by atoms with van der Waals surface area (Å²) in [6, 6.07) is 8.02. The molecule has 104 valence electrons. The van der Waals surface area contributed by atoms with E-state index in [2.05, 4.69) is 11.4 Å². The van der Waals surface area contributed by atoms with Gasteiger partial charge in [-0.1, -0.05) is 25.0 Å². The Kier molecular flexibility index (Phi) is 5.73. The molecule has 2 rings (SSSR count). The smallest absolute Gasteiger partial charge is 0.250 e. The van der Waals surface area contributed by atoms with E-state index >= 15 is 0 Å². The molecule has 1 N–H and O–H groups in total. The number of amides is 1. The van der Waals surface area contributed by atoms with Crippen molar-refractivity contribution in [3.05, 3.63) is 24.3 Å². The zero-order valence-electron chi connectivity index (χ0n) is 11.4. The van der Waals surface area contributed by atoms with Crippen LogP contribution in [0.25, 0.3) is 0 Å². The first kappa shape index (κ1) is 14.4. The van der Waals surface area contributed by atoms with E-state index < -0.39 is 0 Å². The van der Waals surface area contributed by atoms with Crippen molar-refractivity contribution in [1.29, 1.82) is 0 Å². The van der Waals surface area contributed by atoms with Crippen molar-refractivity contribution >= 4 is 23.4 Å². The van der Waals surface area contributed by atoms with Crippen molar-refractivity contribution in [2.75, 3.05) is 18.5 Å². The maximum absolute atomic E-state index is 11.7. The molecule has 0 saturated heterocycles. The summed E-state index contributed by atoms with van der Waals surface area (Å²) in [6.07, 6.45) is 5.23. The molecule has 4 heteroatoms. The quantitative estimate of drug-likeness (QED) is 0.863. The van der Waals surface area contributed by atoms with Crippen molar-refractivity contribution < 1.29 is 9.53 Å². The summed E-state index contributed by atoms with van der Waals surface area (Å²) in [6.45, 7) is 2.57. The number of carbonyl (C=O) groups is 1. The summed E-state index contributed by atoms with van der Waals surface area (Å²) in [7, 11) is 0. The Morgan fingerprint density at radius 3 is 2.84 bits per heavy atom. The third-order valence-electron chi connectivity index (χ3n) is 3.19. The third-order valence-corrected chi connectivity index (χ3v) is 4.61. The van der Waals surface area contributed by atoms with Gasteiger partial charge in [0.25, 0.3) is 0 Å². The van der Waals surface area contributed by atoms with Crippen LogP contribution in [0.3, 0.4) is 0 Å². The zero-order chi connectivity index (χ0) is 13.5. The molecule has 1 aromatic rings. The van der Waals surface area contributed by atoms with Gasteiger partial charge in [0.05, 0.1) is 5.69 Å². The first-order valence-electron chi connectivity index (χ1n) is 6.93. The van der Waals surface area contributed by atoms with Crippen molar-refractivity contribution in [1.82, 2.24) is 0 Å². The fourth-order valence-corrected chi connectivity index (χ4v) is 3.57. The van der Waals surface area contributed by atoms with Gasteiger partial charge in [-0.2, -0.15) is 0 Å². The monoisotopic (exact) mass is 279 g/mol. The van der Waals surface area contributed by atoms with E-state index in [1.54, 1.807) is 0 Å². The Hall–Kier alpha value is -1.00. The average Bonchev–Trinajstić information content (AvgIpc) is 2.91. The Morgan fingerprint density at radius 2 is 2.11 bits per heavy atom. The Balaban J connectivity index is 1.97. The van der Waals surface area contributed by atoms with Crippen LogP contribution in [0.5, 0.6) is 0 Å². The summed E-state index contributed by atoms with van der Waals surface area (Å²) >= 11 is 1.89. The lowest BCUT2D eigenvalue weighted by Gasteiger charge is -2.14. The van der Waals surface area contributed by atoms with Crippen LogP contribution < -0.4 is 5.32 Å². The van der Waals surface area contributed by atoms with Crippen LogP contribution >= 0.6 is 11.8 Å². The topological polar surface area (TPSA) is 38.3 Å². The second-order valence-corrected chi connectivity index (χ2v) is 6.05. The average molecular weight is 279 g/mol. The fraction of sp³-hybridized carbons (Fsp3) is 0.533. The van der Waals surface area contributed by atoms with Gasteiger partial charge >= 0.3 is 0 Å². The van der Waals surface area contributed by atoms with Crippen LogP contribution in [0.2, 0.25) is 0 Å². The lowest BCUT2D eigenvalue weighted by Crippen LogP contribution is -2.18. The number of carbonyl (C=O) groups excluding carboxylic acids is 1. The summed E-state index contributed by atoms with van der Waals surface area (Å²) in [5, 5.41) is 3.63. The molecule has 0 aliphatic heterocycles. The van der Waals surface area contributed by atoms with E-state index in [-0.39, 0.29) is 12.5 Å². The molecule has 1 aliphatic rings. The van der Waals surface area contributed by atoms with E-state index in [4.69, 9.17) is 4.74 Å². The molecular formula is C15H21NO2S. The van der Waals surface area contributed by atoms with Gasteiger partial charge in [0, 0.05) is 16.8 Å². The van der Waals surface area contributed by atoms with Crippen LogP contribution in [0.4, 0.5) is 5.69 Å². The summed E-state index contributed by atoms with van der Waals surface area (Å²) in [5.41, 5.74) is 0.907. The number of rotatable bonds is 6. The molecule has 0 bridgehead atoms. The minimum absolute atomic E-state index is 0.0821. The highest BCUT2D eigenvalue weighted by molar-refractivity contribution is 8.00. The largest absolute Gasteiger partial charge is 0.372 e. The molecule has 1 amide bonds. The normalized spacial score (nSPS) is 15.6. The number of hydrogen-bond acceptors (Lipinski definition) is 3. The van der Waals surface area contributed by atoms with Crippen LogP contribution in [0.1, 0.15) is 32.6 Å². The third kappa shape index (κ3) is 4.55. The van der Waals surface area contributed by atoms with Crippen molar-refractivity contribution in [3.63, 3.8) is 0 Å². The maximum atomic E-state index is 11.7. The standard InChI is InChI=1S/C15H21NO2S/c1-2-18-11-15(17)16-13-9-5-6-10-14(13)19-12-7-3-4-8-12/h5-6,9-10,12H,2-4,7-8,11H2,1H3,(H,16,17). The lowest BCUT2D eigenvalue weighted by atomic mass is 10.3. The molecule has 0 unspecified atom stereocenters. The predicted molar refractivity (Wildman–Crippen MR) is 79.7 cm³/mol. The molecule has 0 aromatic heterocycles. The highest BCUT2D eigenvalue weighted by Crippen LogP contribution is 2.37. The van der Waals surface area contributed by atoms with Gasteiger partial charge in [-0.25, -0.2) is 0 Å². The van der Waals surface area contributed by atoms with E-state index in [1.807, 2.05) is 36.9 Å². The van der Waals surface area contributed by atoms with E-state index in [0.717, 1.165) is 5.69 Å². The summed E-state index contributed by atoms with van der Waals surface area (Å²) < 4.78 is 5.12. The van der Waals surface area contributed by atoms with Gasteiger partial charge in [0.2, 0.25) is 5.91 Å². The lowest BCUT2D eigenvalue weighted by molar-refractivity contribution is -0.120. The van der Waals surface area contributed by atoms with Crippen molar-refractivity contribution in [2.24, 2.45) is 0 Å². The number of ether oxygens (including phenoxy) is 1. The second kappa shape index (κ2) is 7.56. The molecule has 0 atom stereocenters. The molecule has 3 nitrogen and oxygen atoms in total. The Bertz CT molecular complexity index is 416. The van der Waals surface area contributed by atoms with Crippen molar-refractivity contribution in [2.45, 2.75) is 42.8 Å². The number of benzene rings is 1. The maximum Gasteiger partial charge on any atom is 0.250 e. The molecule has 1 fully saturated rings. The number of thioether (sulfide) groups is 1. The van der Waals surface area contributed by atoms with Gasteiger partial charge in [-0.05, 0) is 31.9 Å². The number of anilines is 1. The van der Waals surface area contributed by atoms with Gasteiger partial charge in [-0.3, -0.25) is 4.79 Å². The summed E-state index contributed by atoms with van der Waals surface area (Å²) in [5.74, 6) is -0.0821. The zero-order valence-corrected chi connectivity index (χ0v) is 12.2. The molecule has 1 aromatic carbocycles. The first-order chi connectivity index (χ1) is 9.29. The molecule has 0 heterocycles. The number of nitrogens with one attached hydrogen (secondary N) is 1. The molecule has 1 aliphatic carbocycles. The fourth-order valence-electron chi connectivity index (χ4n) is 2.24. The Labute approximate surface area is 119 Å². The van der Waals surface area contributed by atoms with E-state index in [1.165, 1.54) is 30.6 Å². The minimum atomic E-state index is -0.0821. The van der Waals surface area contributed by atoms with Crippen LogP contribution in [0.15, 0.2) is 29.2 Å². The van der Waals surface area contributed by atoms with Crippen LogP contribution in [0, 0.1) is 0 Å². The molecule has 0 radical (unpaired) electrons. The predicted octanol–water partition coefficient (Wildman–Crippen LogP) is 3.70. The van der Waals surface area contributed by atoms with Crippen LogP contribution in [-0.4, -0.2) is 24.4 Å². The van der Waals surface area contributed by atoms with E-state index in [0.29, 0.717) is 11.9 Å². The van der Waals surface area contributed by atoms with E-state index in [9.17, 15) is 4.79 Å². The number of hydrogen-bond donors (Lipinski definition) is 1. The molecule has 19 heavy (non-hydrogen) atoms. The molecule has 1 saturated carbocycles. The second-order valence-electron chi connectivity index (χ2n) is 4.71. The Morgan fingerprint density at radius 1 is 1.37 bits per heavy atom. The van der Waals surface area contributed by atoms with Crippen LogP contribution in [-0.2, 0) is 9.53 Å². The number of para-hydroxylation sites is 1. The summed E-state index contributed by atoms with van der Waals surface area (Å²) in [4.78, 5) is 12.9. The van der Waals surface area contributed by atoms with Gasteiger partial charge in [-0.15, -0.1) is 11.8 Å². The van der Waals surface area contributed by atoms with Gasteiger partial charge < -0.3 is 10.1 Å². The molecule has 0 spiro atoms. The van der Waals surface area contributed by atoms with Gasteiger partial charge in [0.15, 0.2) is 0 Å². The van der Waals surface area contributed by atoms with Crippen molar-refractivity contribution in [3.8, 4) is 0 Å². The highest BCUT2D eigenvalue weighted by Gasteiger charge is 2.18. The first-order valence-corrected chi connectivity index (χ1v) is 7.81. The van der Waals surface area contributed by atoms with Gasteiger partial charge in [0.1, 0.15) is 6.61 Å². The molecular weight excluding hydrogens is 258 g/mol. The SMILES string of the molecule is CCOCC(=O)Nc1ccccc1SC1CCCC1. The highest BCUT2D eigenvalue weighted by atomic mass is 32.2.